The molecule has 0 bridgehead atoms. The first-order valence-corrected chi connectivity index (χ1v) is 5.31. The largest absolute Gasteiger partial charge is 0.321 e. The van der Waals surface area contributed by atoms with E-state index in [9.17, 15) is 0 Å². The zero-order chi connectivity index (χ0) is 8.60. The van der Waals surface area contributed by atoms with Gasteiger partial charge in [-0.15, -0.1) is 11.3 Å². The van der Waals surface area contributed by atoms with Gasteiger partial charge in [0.25, 0.3) is 0 Å². The molecule has 66 valence electrons. The average molecular weight is 203 g/mol. The highest BCUT2D eigenvalue weighted by atomic mass is 35.5. The molecule has 0 aromatic carbocycles. The predicted octanol–water partition coefficient (Wildman–Crippen LogP) is 2.52. The van der Waals surface area contributed by atoms with Crippen LogP contribution in [0.3, 0.4) is 0 Å². The van der Waals surface area contributed by atoms with Crippen molar-refractivity contribution in [2.24, 2.45) is 5.73 Å². The van der Waals surface area contributed by atoms with E-state index in [2.05, 4.69) is 4.98 Å². The van der Waals surface area contributed by atoms with E-state index in [4.69, 9.17) is 17.3 Å². The van der Waals surface area contributed by atoms with Gasteiger partial charge >= 0.3 is 0 Å². The summed E-state index contributed by atoms with van der Waals surface area (Å²) >= 11 is 7.27. The minimum absolute atomic E-state index is 0.120. The van der Waals surface area contributed by atoms with Crippen LogP contribution >= 0.6 is 22.9 Å². The maximum absolute atomic E-state index is 6.21. The fourth-order valence-electron chi connectivity index (χ4n) is 1.74. The van der Waals surface area contributed by atoms with E-state index in [0.717, 1.165) is 17.7 Å². The Bertz CT molecular complexity index is 278. The van der Waals surface area contributed by atoms with Crippen molar-refractivity contribution < 1.29 is 0 Å². The first-order valence-electron chi connectivity index (χ1n) is 4.11. The predicted molar refractivity (Wildman–Crippen MR) is 51.5 cm³/mol. The van der Waals surface area contributed by atoms with Crippen LogP contribution in [-0.4, -0.2) is 4.98 Å². The van der Waals surface area contributed by atoms with E-state index in [1.54, 1.807) is 0 Å². The number of hydrogen-bond acceptors (Lipinski definition) is 3. The Labute approximate surface area is 80.8 Å². The summed E-state index contributed by atoms with van der Waals surface area (Å²) in [7, 11) is 0. The van der Waals surface area contributed by atoms with Gasteiger partial charge in [-0.2, -0.15) is 0 Å². The number of halogens is 1. The summed E-state index contributed by atoms with van der Waals surface area (Å²) in [6, 6.07) is 0. The van der Waals surface area contributed by atoms with Crippen LogP contribution < -0.4 is 5.73 Å². The lowest BCUT2D eigenvalue weighted by Crippen LogP contribution is -2.31. The number of hydrogen-bond donors (Lipinski definition) is 1. The SMILES string of the molecule is NC1(c2cnc(Cl)s2)CCCC1. The standard InChI is InChI=1S/C8H11ClN2S/c9-7-11-5-6(12-7)8(10)3-1-2-4-8/h5H,1-4,10H2. The summed E-state index contributed by atoms with van der Waals surface area (Å²) in [6.45, 7) is 0. The minimum atomic E-state index is -0.120. The lowest BCUT2D eigenvalue weighted by Gasteiger charge is -2.20. The summed E-state index contributed by atoms with van der Waals surface area (Å²) in [5.41, 5.74) is 6.09. The van der Waals surface area contributed by atoms with Crippen molar-refractivity contribution in [1.29, 1.82) is 0 Å². The fourth-order valence-corrected chi connectivity index (χ4v) is 2.83. The molecule has 0 radical (unpaired) electrons. The Hall–Kier alpha value is -0.120. The van der Waals surface area contributed by atoms with E-state index in [1.165, 1.54) is 24.2 Å². The smallest absolute Gasteiger partial charge is 0.183 e. The van der Waals surface area contributed by atoms with Crippen LogP contribution in [0, 0.1) is 0 Å². The summed E-state index contributed by atoms with van der Waals surface area (Å²) < 4.78 is 0.599. The Kier molecular flexibility index (Phi) is 2.10. The molecule has 2 N–H and O–H groups in total. The van der Waals surface area contributed by atoms with Gasteiger partial charge in [0, 0.05) is 11.1 Å². The van der Waals surface area contributed by atoms with Crippen molar-refractivity contribution in [3.63, 3.8) is 0 Å². The van der Waals surface area contributed by atoms with Gasteiger partial charge in [0.1, 0.15) is 0 Å². The normalized spacial score (nSPS) is 21.5. The van der Waals surface area contributed by atoms with Gasteiger partial charge in [-0.1, -0.05) is 24.4 Å². The molecule has 0 aliphatic heterocycles. The maximum atomic E-state index is 6.21. The molecule has 1 aliphatic rings. The number of thiazole rings is 1. The summed E-state index contributed by atoms with van der Waals surface area (Å²) in [4.78, 5) is 5.15. The lowest BCUT2D eigenvalue weighted by atomic mass is 9.98. The molecule has 0 atom stereocenters. The molecule has 4 heteroatoms. The molecule has 0 saturated heterocycles. The van der Waals surface area contributed by atoms with Gasteiger partial charge in [0.2, 0.25) is 0 Å². The van der Waals surface area contributed by atoms with E-state index >= 15 is 0 Å². The molecular formula is C8H11ClN2S. The maximum Gasteiger partial charge on any atom is 0.183 e. The molecule has 1 aromatic heterocycles. The Morgan fingerprint density at radius 2 is 2.17 bits per heavy atom. The third-order valence-electron chi connectivity index (χ3n) is 2.46. The van der Waals surface area contributed by atoms with Crippen LogP contribution in [0.25, 0.3) is 0 Å². The second-order valence-electron chi connectivity index (χ2n) is 3.34. The van der Waals surface area contributed by atoms with Crippen molar-refractivity contribution in [2.75, 3.05) is 0 Å². The molecule has 12 heavy (non-hydrogen) atoms. The Morgan fingerprint density at radius 1 is 1.50 bits per heavy atom. The van der Waals surface area contributed by atoms with Gasteiger partial charge in [-0.05, 0) is 12.8 Å². The summed E-state index contributed by atoms with van der Waals surface area (Å²) in [5, 5.41) is 0. The second-order valence-corrected chi connectivity index (χ2v) is 4.95. The summed E-state index contributed by atoms with van der Waals surface area (Å²) in [5.74, 6) is 0. The molecule has 1 heterocycles. The molecule has 1 aromatic rings. The molecule has 0 spiro atoms. The van der Waals surface area contributed by atoms with Crippen LogP contribution in [0.1, 0.15) is 30.6 Å². The molecule has 0 amide bonds. The second kappa shape index (κ2) is 2.98. The van der Waals surface area contributed by atoms with Crippen LogP contribution in [-0.2, 0) is 5.54 Å². The van der Waals surface area contributed by atoms with E-state index < -0.39 is 0 Å². The lowest BCUT2D eigenvalue weighted by molar-refractivity contribution is 0.471. The molecule has 2 nitrogen and oxygen atoms in total. The van der Waals surface area contributed by atoms with Crippen LogP contribution in [0.2, 0.25) is 4.47 Å². The third-order valence-corrected chi connectivity index (χ3v) is 3.80. The first-order chi connectivity index (χ1) is 5.71. The molecular weight excluding hydrogens is 192 g/mol. The molecule has 0 unspecified atom stereocenters. The third kappa shape index (κ3) is 1.37. The number of nitrogens with two attached hydrogens (primary N) is 1. The van der Waals surface area contributed by atoms with Gasteiger partial charge in [0.15, 0.2) is 4.47 Å². The molecule has 1 aliphatic carbocycles. The monoisotopic (exact) mass is 202 g/mol. The molecule has 1 fully saturated rings. The van der Waals surface area contributed by atoms with Crippen molar-refractivity contribution in [1.82, 2.24) is 4.98 Å². The Balaban J connectivity index is 2.28. The van der Waals surface area contributed by atoms with Crippen LogP contribution in [0.15, 0.2) is 6.20 Å². The number of aromatic nitrogens is 1. The number of rotatable bonds is 1. The van der Waals surface area contributed by atoms with Gasteiger partial charge < -0.3 is 5.73 Å². The van der Waals surface area contributed by atoms with Crippen molar-refractivity contribution in [3.05, 3.63) is 15.5 Å². The van der Waals surface area contributed by atoms with Gasteiger partial charge in [-0.25, -0.2) is 4.98 Å². The fraction of sp³-hybridized carbons (Fsp3) is 0.625. The zero-order valence-corrected chi connectivity index (χ0v) is 8.29. The quantitative estimate of drug-likeness (QED) is 0.760. The van der Waals surface area contributed by atoms with E-state index in [-0.39, 0.29) is 5.54 Å². The highest BCUT2D eigenvalue weighted by Gasteiger charge is 2.32. The molecule has 1 saturated carbocycles. The Morgan fingerprint density at radius 3 is 2.67 bits per heavy atom. The molecule has 2 rings (SSSR count). The zero-order valence-electron chi connectivity index (χ0n) is 6.72. The summed E-state index contributed by atoms with van der Waals surface area (Å²) in [6.07, 6.45) is 6.42. The van der Waals surface area contributed by atoms with Crippen molar-refractivity contribution in [2.45, 2.75) is 31.2 Å². The van der Waals surface area contributed by atoms with Crippen LogP contribution in [0.4, 0.5) is 0 Å². The van der Waals surface area contributed by atoms with Crippen molar-refractivity contribution >= 4 is 22.9 Å². The van der Waals surface area contributed by atoms with E-state index in [1.807, 2.05) is 6.20 Å². The first kappa shape index (κ1) is 8.48. The van der Waals surface area contributed by atoms with Gasteiger partial charge in [-0.3, -0.25) is 0 Å². The van der Waals surface area contributed by atoms with Crippen molar-refractivity contribution in [3.8, 4) is 0 Å². The van der Waals surface area contributed by atoms with Crippen LogP contribution in [0.5, 0.6) is 0 Å². The minimum Gasteiger partial charge on any atom is -0.321 e. The highest BCUT2D eigenvalue weighted by molar-refractivity contribution is 7.15. The van der Waals surface area contributed by atoms with E-state index in [0.29, 0.717) is 4.47 Å². The number of nitrogens with zero attached hydrogens (tertiary/aromatic N) is 1. The van der Waals surface area contributed by atoms with Gasteiger partial charge in [0.05, 0.1) is 5.54 Å². The highest BCUT2D eigenvalue weighted by Crippen LogP contribution is 2.39. The topological polar surface area (TPSA) is 38.9 Å². The average Bonchev–Trinajstić information content (AvgIpc) is 2.59.